The molecule has 2 nitrogen and oxygen atoms in total. The molecule has 0 amide bonds. The molecule has 0 aliphatic carbocycles. The molecule has 1 atom stereocenters. The Kier molecular flexibility index (Phi) is 3.30. The van der Waals surface area contributed by atoms with E-state index < -0.39 is 0 Å². The van der Waals surface area contributed by atoms with Crippen molar-refractivity contribution in [2.24, 2.45) is 0 Å². The van der Waals surface area contributed by atoms with Crippen molar-refractivity contribution in [1.29, 1.82) is 0 Å². The highest BCUT2D eigenvalue weighted by molar-refractivity contribution is 5.79. The van der Waals surface area contributed by atoms with Gasteiger partial charge < -0.3 is 4.74 Å². The van der Waals surface area contributed by atoms with Gasteiger partial charge in [0.05, 0.1) is 5.56 Å². The third-order valence-electron chi connectivity index (χ3n) is 1.83. The van der Waals surface area contributed by atoms with Gasteiger partial charge in [0.1, 0.15) is 5.75 Å². The normalized spacial score (nSPS) is 11.5. The molecule has 0 saturated carbocycles. The van der Waals surface area contributed by atoms with Crippen molar-refractivity contribution in [3.8, 4) is 18.1 Å². The molecule has 0 aliphatic heterocycles. The van der Waals surface area contributed by atoms with Crippen LogP contribution < -0.4 is 4.74 Å². The minimum atomic E-state index is -0.323. The summed E-state index contributed by atoms with van der Waals surface area (Å²) in [6, 6.07) is 5.41. The van der Waals surface area contributed by atoms with Gasteiger partial charge in [-0.1, -0.05) is 17.6 Å². The third-order valence-corrected chi connectivity index (χ3v) is 1.83. The van der Waals surface area contributed by atoms with E-state index in [-0.39, 0.29) is 6.10 Å². The molecule has 72 valence electrons. The number of carbonyl (C=O) groups is 1. The van der Waals surface area contributed by atoms with E-state index in [0.717, 1.165) is 11.8 Å². The fraction of sp³-hybridized carbons (Fsp3) is 0.250. The number of benzene rings is 1. The van der Waals surface area contributed by atoms with Gasteiger partial charge in [-0.05, 0) is 26.0 Å². The van der Waals surface area contributed by atoms with Crippen molar-refractivity contribution >= 4 is 6.29 Å². The van der Waals surface area contributed by atoms with Gasteiger partial charge in [0.15, 0.2) is 12.4 Å². The highest BCUT2D eigenvalue weighted by Gasteiger charge is 2.05. The number of terminal acetylenes is 1. The number of hydrogen-bond acceptors (Lipinski definition) is 2. The van der Waals surface area contributed by atoms with Crippen molar-refractivity contribution < 1.29 is 9.53 Å². The van der Waals surface area contributed by atoms with Gasteiger partial charge in [-0.3, -0.25) is 4.79 Å². The first-order valence-electron chi connectivity index (χ1n) is 4.36. The summed E-state index contributed by atoms with van der Waals surface area (Å²) in [7, 11) is 0. The summed E-state index contributed by atoms with van der Waals surface area (Å²) in [6.07, 6.45) is 5.62. The molecule has 0 fully saturated rings. The number of rotatable bonds is 3. The van der Waals surface area contributed by atoms with E-state index in [0.29, 0.717) is 11.3 Å². The lowest BCUT2D eigenvalue weighted by atomic mass is 10.1. The largest absolute Gasteiger partial charge is 0.477 e. The maximum absolute atomic E-state index is 10.7. The van der Waals surface area contributed by atoms with Crippen LogP contribution in [0.3, 0.4) is 0 Å². The van der Waals surface area contributed by atoms with E-state index in [4.69, 9.17) is 11.2 Å². The summed E-state index contributed by atoms with van der Waals surface area (Å²) in [5, 5.41) is 0. The summed E-state index contributed by atoms with van der Waals surface area (Å²) in [4.78, 5) is 10.7. The second kappa shape index (κ2) is 4.48. The Labute approximate surface area is 83.9 Å². The van der Waals surface area contributed by atoms with Gasteiger partial charge in [0.25, 0.3) is 0 Å². The molecular weight excluding hydrogens is 176 g/mol. The van der Waals surface area contributed by atoms with Crippen molar-refractivity contribution in [1.82, 2.24) is 0 Å². The zero-order valence-corrected chi connectivity index (χ0v) is 8.28. The van der Waals surface area contributed by atoms with Crippen molar-refractivity contribution in [2.75, 3.05) is 0 Å². The standard InChI is InChI=1S/C12H12O2/c1-4-10(3)14-12-6-5-9(2)7-11(12)8-13/h1,5-8,10H,2-3H3. The Morgan fingerprint density at radius 2 is 2.29 bits per heavy atom. The molecule has 0 N–H and O–H groups in total. The quantitative estimate of drug-likeness (QED) is 0.537. The van der Waals surface area contributed by atoms with Crippen LogP contribution in [-0.2, 0) is 0 Å². The molecule has 0 aliphatic rings. The molecule has 0 bridgehead atoms. The van der Waals surface area contributed by atoms with Gasteiger partial charge >= 0.3 is 0 Å². The van der Waals surface area contributed by atoms with Crippen LogP contribution >= 0.6 is 0 Å². The molecule has 0 radical (unpaired) electrons. The van der Waals surface area contributed by atoms with Crippen molar-refractivity contribution in [3.63, 3.8) is 0 Å². The molecule has 0 aromatic heterocycles. The molecule has 1 aromatic rings. The van der Waals surface area contributed by atoms with Gasteiger partial charge in [0.2, 0.25) is 0 Å². The fourth-order valence-electron chi connectivity index (χ4n) is 1.09. The van der Waals surface area contributed by atoms with E-state index in [1.165, 1.54) is 0 Å². The molecule has 0 spiro atoms. The maximum atomic E-state index is 10.7. The number of hydrogen-bond donors (Lipinski definition) is 0. The molecule has 0 heterocycles. The molecule has 0 saturated heterocycles. The Balaban J connectivity index is 2.97. The predicted molar refractivity (Wildman–Crippen MR) is 55.5 cm³/mol. The second-order valence-electron chi connectivity index (χ2n) is 3.09. The molecule has 1 unspecified atom stereocenters. The van der Waals surface area contributed by atoms with Gasteiger partial charge in [0, 0.05) is 0 Å². The lowest BCUT2D eigenvalue weighted by molar-refractivity contribution is 0.111. The predicted octanol–water partition coefficient (Wildman–Crippen LogP) is 2.21. The lowest BCUT2D eigenvalue weighted by Crippen LogP contribution is -2.09. The second-order valence-corrected chi connectivity index (χ2v) is 3.09. The zero-order valence-electron chi connectivity index (χ0n) is 8.28. The average Bonchev–Trinajstić information content (AvgIpc) is 2.20. The highest BCUT2D eigenvalue weighted by Crippen LogP contribution is 2.19. The monoisotopic (exact) mass is 188 g/mol. The molecule has 1 rings (SSSR count). The van der Waals surface area contributed by atoms with Crippen LogP contribution in [0.15, 0.2) is 18.2 Å². The molecule has 14 heavy (non-hydrogen) atoms. The SMILES string of the molecule is C#CC(C)Oc1ccc(C)cc1C=O. The van der Waals surface area contributed by atoms with E-state index in [1.807, 2.05) is 13.0 Å². The Bertz CT molecular complexity index is 374. The summed E-state index contributed by atoms with van der Waals surface area (Å²) in [5.41, 5.74) is 1.56. The molecule has 1 aromatic carbocycles. The molecule has 2 heteroatoms. The fourth-order valence-corrected chi connectivity index (χ4v) is 1.09. The van der Waals surface area contributed by atoms with Crippen LogP contribution in [0.2, 0.25) is 0 Å². The minimum Gasteiger partial charge on any atom is -0.477 e. The van der Waals surface area contributed by atoms with Crippen LogP contribution in [0.4, 0.5) is 0 Å². The summed E-state index contributed by atoms with van der Waals surface area (Å²) >= 11 is 0. The Morgan fingerprint density at radius 1 is 1.57 bits per heavy atom. The first-order valence-corrected chi connectivity index (χ1v) is 4.36. The smallest absolute Gasteiger partial charge is 0.156 e. The maximum Gasteiger partial charge on any atom is 0.156 e. The molecular formula is C12H12O2. The first kappa shape index (κ1) is 10.3. The van der Waals surface area contributed by atoms with Crippen molar-refractivity contribution in [2.45, 2.75) is 20.0 Å². The van der Waals surface area contributed by atoms with E-state index in [1.54, 1.807) is 19.1 Å². The average molecular weight is 188 g/mol. The van der Waals surface area contributed by atoms with E-state index >= 15 is 0 Å². The number of ether oxygens (including phenoxy) is 1. The summed E-state index contributed by atoms with van der Waals surface area (Å²) < 4.78 is 5.37. The third kappa shape index (κ3) is 2.37. The summed E-state index contributed by atoms with van der Waals surface area (Å²) in [6.45, 7) is 3.68. The van der Waals surface area contributed by atoms with Gasteiger partial charge in [-0.2, -0.15) is 0 Å². The van der Waals surface area contributed by atoms with Crippen LogP contribution in [0.5, 0.6) is 5.75 Å². The first-order chi connectivity index (χ1) is 6.67. The number of carbonyl (C=O) groups excluding carboxylic acids is 1. The Hall–Kier alpha value is -1.75. The van der Waals surface area contributed by atoms with Crippen LogP contribution in [0.25, 0.3) is 0 Å². The minimum absolute atomic E-state index is 0.323. The van der Waals surface area contributed by atoms with Crippen LogP contribution in [-0.4, -0.2) is 12.4 Å². The van der Waals surface area contributed by atoms with Crippen molar-refractivity contribution in [3.05, 3.63) is 29.3 Å². The summed E-state index contributed by atoms with van der Waals surface area (Å²) in [5.74, 6) is 2.98. The van der Waals surface area contributed by atoms with E-state index in [9.17, 15) is 4.79 Å². The number of aldehydes is 1. The number of aryl methyl sites for hydroxylation is 1. The zero-order chi connectivity index (χ0) is 10.6. The van der Waals surface area contributed by atoms with E-state index in [2.05, 4.69) is 5.92 Å². The topological polar surface area (TPSA) is 26.3 Å². The van der Waals surface area contributed by atoms with Crippen LogP contribution in [0, 0.1) is 19.3 Å². The lowest BCUT2D eigenvalue weighted by Gasteiger charge is -2.11. The highest BCUT2D eigenvalue weighted by atomic mass is 16.5. The van der Waals surface area contributed by atoms with Crippen LogP contribution in [0.1, 0.15) is 22.8 Å². The van der Waals surface area contributed by atoms with Gasteiger partial charge in [-0.15, -0.1) is 6.42 Å². The van der Waals surface area contributed by atoms with Gasteiger partial charge in [-0.25, -0.2) is 0 Å². The Morgan fingerprint density at radius 3 is 2.86 bits per heavy atom.